The van der Waals surface area contributed by atoms with Crippen molar-refractivity contribution in [3.05, 3.63) is 0 Å². The van der Waals surface area contributed by atoms with Crippen LogP contribution in [0.3, 0.4) is 0 Å². The zero-order valence-corrected chi connectivity index (χ0v) is 13.4. The van der Waals surface area contributed by atoms with Crippen molar-refractivity contribution < 1.29 is 0 Å². The predicted molar refractivity (Wildman–Crippen MR) is 87.6 cm³/mol. The molecule has 0 aliphatic rings. The van der Waals surface area contributed by atoms with Crippen LogP contribution in [0.15, 0.2) is 0 Å². The summed E-state index contributed by atoms with van der Waals surface area (Å²) in [5, 5.41) is 3.53. The minimum absolute atomic E-state index is 0.846. The minimum atomic E-state index is 0.846. The highest BCUT2D eigenvalue weighted by molar-refractivity contribution is 4.52. The van der Waals surface area contributed by atoms with E-state index in [1.165, 1.54) is 96.6 Å². The van der Waals surface area contributed by atoms with Crippen LogP contribution < -0.4 is 11.1 Å². The molecule has 116 valence electrons. The Morgan fingerprint density at radius 3 is 1.47 bits per heavy atom. The van der Waals surface area contributed by atoms with Crippen LogP contribution in [0.2, 0.25) is 0 Å². The topological polar surface area (TPSA) is 38.0 Å². The largest absolute Gasteiger partial charge is 0.330 e. The van der Waals surface area contributed by atoms with Crippen molar-refractivity contribution in [1.82, 2.24) is 5.32 Å². The lowest BCUT2D eigenvalue weighted by Gasteiger charge is -2.05. The molecular weight excluding hydrogens is 232 g/mol. The average Bonchev–Trinajstić information content (AvgIpc) is 2.43. The van der Waals surface area contributed by atoms with Crippen molar-refractivity contribution in [2.24, 2.45) is 5.73 Å². The van der Waals surface area contributed by atoms with Gasteiger partial charge in [0.1, 0.15) is 0 Å². The van der Waals surface area contributed by atoms with E-state index >= 15 is 0 Å². The van der Waals surface area contributed by atoms with Gasteiger partial charge >= 0.3 is 0 Å². The molecule has 0 aromatic carbocycles. The fourth-order valence-corrected chi connectivity index (χ4v) is 2.43. The third kappa shape index (κ3) is 17.9. The Kier molecular flexibility index (Phi) is 17.8. The molecule has 0 bridgehead atoms. The van der Waals surface area contributed by atoms with Crippen LogP contribution in [0.1, 0.15) is 90.4 Å². The number of nitrogens with two attached hydrogens (primary N) is 1. The molecule has 0 rings (SSSR count). The molecule has 0 amide bonds. The molecule has 0 fully saturated rings. The zero-order valence-electron chi connectivity index (χ0n) is 13.4. The second-order valence-corrected chi connectivity index (χ2v) is 5.78. The van der Waals surface area contributed by atoms with Crippen LogP contribution in [0.4, 0.5) is 0 Å². The van der Waals surface area contributed by atoms with E-state index in [0.29, 0.717) is 0 Å². The van der Waals surface area contributed by atoms with Gasteiger partial charge in [-0.2, -0.15) is 0 Å². The van der Waals surface area contributed by atoms with E-state index in [0.717, 1.165) is 6.54 Å². The van der Waals surface area contributed by atoms with Crippen molar-refractivity contribution in [1.29, 1.82) is 0 Å². The molecule has 0 saturated heterocycles. The summed E-state index contributed by atoms with van der Waals surface area (Å²) in [6.07, 6.45) is 18.0. The van der Waals surface area contributed by atoms with Crippen molar-refractivity contribution in [3.8, 4) is 0 Å². The Morgan fingerprint density at radius 1 is 0.579 bits per heavy atom. The van der Waals surface area contributed by atoms with Gasteiger partial charge in [-0.25, -0.2) is 0 Å². The fraction of sp³-hybridized carbons (Fsp3) is 1.00. The summed E-state index contributed by atoms with van der Waals surface area (Å²) in [6.45, 7) is 5.52. The highest BCUT2D eigenvalue weighted by atomic mass is 14.8. The van der Waals surface area contributed by atoms with Gasteiger partial charge in [0.05, 0.1) is 0 Å². The molecule has 0 unspecified atom stereocenters. The number of rotatable bonds is 16. The van der Waals surface area contributed by atoms with Gasteiger partial charge in [-0.1, -0.05) is 71.1 Å². The van der Waals surface area contributed by atoms with E-state index < -0.39 is 0 Å². The fourth-order valence-electron chi connectivity index (χ4n) is 2.43. The Morgan fingerprint density at radius 2 is 1.00 bits per heavy atom. The first kappa shape index (κ1) is 18.9. The molecule has 3 N–H and O–H groups in total. The van der Waals surface area contributed by atoms with E-state index in [4.69, 9.17) is 5.73 Å². The van der Waals surface area contributed by atoms with Crippen LogP contribution in [0, 0.1) is 0 Å². The van der Waals surface area contributed by atoms with Crippen LogP contribution in [-0.2, 0) is 0 Å². The second-order valence-electron chi connectivity index (χ2n) is 5.78. The summed E-state index contributed by atoms with van der Waals surface area (Å²) in [6, 6.07) is 0. The van der Waals surface area contributed by atoms with Gasteiger partial charge in [-0.15, -0.1) is 0 Å². The van der Waals surface area contributed by atoms with E-state index in [2.05, 4.69) is 12.2 Å². The molecule has 2 nitrogen and oxygen atoms in total. The Balaban J connectivity index is 2.88. The number of unbranched alkanes of at least 4 members (excludes halogenated alkanes) is 11. The number of hydrogen-bond donors (Lipinski definition) is 2. The Bertz CT molecular complexity index is 132. The molecule has 0 radical (unpaired) electrons. The normalized spacial score (nSPS) is 11.1. The summed E-state index contributed by atoms with van der Waals surface area (Å²) in [5.74, 6) is 0. The molecular formula is C17H38N2. The number of nitrogens with one attached hydrogen (secondary N) is 1. The monoisotopic (exact) mass is 270 g/mol. The molecule has 0 atom stereocenters. The molecule has 0 aliphatic heterocycles. The number of hydrogen-bond acceptors (Lipinski definition) is 2. The van der Waals surface area contributed by atoms with Gasteiger partial charge < -0.3 is 11.1 Å². The maximum atomic E-state index is 5.46. The van der Waals surface area contributed by atoms with E-state index in [-0.39, 0.29) is 0 Å². The molecule has 0 saturated carbocycles. The highest BCUT2D eigenvalue weighted by Gasteiger charge is 1.93. The van der Waals surface area contributed by atoms with Gasteiger partial charge in [-0.05, 0) is 38.9 Å². The van der Waals surface area contributed by atoms with Gasteiger partial charge in [0.25, 0.3) is 0 Å². The van der Waals surface area contributed by atoms with Crippen molar-refractivity contribution in [3.63, 3.8) is 0 Å². The van der Waals surface area contributed by atoms with Crippen LogP contribution >= 0.6 is 0 Å². The second kappa shape index (κ2) is 17.9. The molecule has 19 heavy (non-hydrogen) atoms. The summed E-state index contributed by atoms with van der Waals surface area (Å²) in [7, 11) is 0. The quantitative estimate of drug-likeness (QED) is 0.401. The zero-order chi connectivity index (χ0) is 14.0. The molecule has 2 heteroatoms. The Hall–Kier alpha value is -0.0800. The maximum Gasteiger partial charge on any atom is -0.00489 e. The first-order chi connectivity index (χ1) is 9.41. The third-order valence-electron chi connectivity index (χ3n) is 3.76. The third-order valence-corrected chi connectivity index (χ3v) is 3.76. The summed E-state index contributed by atoms with van der Waals surface area (Å²) < 4.78 is 0. The standard InChI is InChI=1S/C17H38N2/c1-2-3-4-5-6-7-8-9-10-13-16-19-17-14-11-12-15-18/h19H,2-18H2,1H3. The lowest BCUT2D eigenvalue weighted by molar-refractivity contribution is 0.536. The lowest BCUT2D eigenvalue weighted by Crippen LogP contribution is -2.16. The highest BCUT2D eigenvalue weighted by Crippen LogP contribution is 2.10. The SMILES string of the molecule is CCCCCCCCCCCCNCCCCCN. The van der Waals surface area contributed by atoms with Crippen molar-refractivity contribution >= 4 is 0 Å². The van der Waals surface area contributed by atoms with Crippen molar-refractivity contribution in [2.45, 2.75) is 90.4 Å². The van der Waals surface area contributed by atoms with E-state index in [1.807, 2.05) is 0 Å². The summed E-state index contributed by atoms with van der Waals surface area (Å²) >= 11 is 0. The maximum absolute atomic E-state index is 5.46. The molecule has 0 heterocycles. The van der Waals surface area contributed by atoms with Gasteiger partial charge in [-0.3, -0.25) is 0 Å². The lowest BCUT2D eigenvalue weighted by atomic mass is 10.1. The minimum Gasteiger partial charge on any atom is -0.330 e. The van der Waals surface area contributed by atoms with Gasteiger partial charge in [0.2, 0.25) is 0 Å². The van der Waals surface area contributed by atoms with E-state index in [9.17, 15) is 0 Å². The van der Waals surface area contributed by atoms with E-state index in [1.54, 1.807) is 0 Å². The smallest absolute Gasteiger partial charge is 0.00489 e. The van der Waals surface area contributed by atoms with Gasteiger partial charge in [0, 0.05) is 0 Å². The summed E-state index contributed by atoms with van der Waals surface area (Å²) in [4.78, 5) is 0. The predicted octanol–water partition coefficient (Wildman–Crippen LogP) is 4.63. The average molecular weight is 271 g/mol. The van der Waals surface area contributed by atoms with Crippen LogP contribution in [0.25, 0.3) is 0 Å². The van der Waals surface area contributed by atoms with Crippen LogP contribution in [0.5, 0.6) is 0 Å². The molecule has 0 aliphatic carbocycles. The van der Waals surface area contributed by atoms with Gasteiger partial charge in [0.15, 0.2) is 0 Å². The van der Waals surface area contributed by atoms with Crippen LogP contribution in [-0.4, -0.2) is 19.6 Å². The van der Waals surface area contributed by atoms with Crippen molar-refractivity contribution in [2.75, 3.05) is 19.6 Å². The summed E-state index contributed by atoms with van der Waals surface area (Å²) in [5.41, 5.74) is 5.46. The molecule has 0 aromatic heterocycles. The Labute approximate surface area is 121 Å². The first-order valence-corrected chi connectivity index (χ1v) is 8.82. The first-order valence-electron chi connectivity index (χ1n) is 8.82. The molecule has 0 spiro atoms. The molecule has 0 aromatic rings.